The molecule has 0 aliphatic heterocycles. The Morgan fingerprint density at radius 2 is 1.39 bits per heavy atom. The van der Waals surface area contributed by atoms with Crippen molar-refractivity contribution in [1.29, 1.82) is 0 Å². The standard InChI is InChI=1S/C35H25NS2/c1-5-10-30-21(4)25(7-3)31(11-6-2)36(30)24-14-15-33-29(20-24)28-17-22-16-27-26-12-8-9-13-32(26)37-34(27)18-23(22)19-35(28)38-33/h5-20H,1,3-4H2,2H3/b11-6-,30-10+. The number of hydrogen-bond donors (Lipinski definition) is 0. The Labute approximate surface area is 228 Å². The maximum Gasteiger partial charge on any atom is 0.0537 e. The summed E-state index contributed by atoms with van der Waals surface area (Å²) in [4.78, 5) is 0. The van der Waals surface area contributed by atoms with Gasteiger partial charge in [-0.2, -0.15) is 0 Å². The van der Waals surface area contributed by atoms with E-state index in [1.165, 1.54) is 51.1 Å². The fourth-order valence-corrected chi connectivity index (χ4v) is 7.91. The monoisotopic (exact) mass is 523 g/mol. The van der Waals surface area contributed by atoms with Gasteiger partial charge < -0.3 is 4.57 Å². The third kappa shape index (κ3) is 3.29. The quantitative estimate of drug-likeness (QED) is 0.216. The molecule has 0 radical (unpaired) electrons. The van der Waals surface area contributed by atoms with Crippen LogP contribution in [0.1, 0.15) is 18.2 Å². The van der Waals surface area contributed by atoms with Crippen LogP contribution < -0.4 is 10.6 Å². The Morgan fingerprint density at radius 3 is 2.11 bits per heavy atom. The van der Waals surface area contributed by atoms with Crippen LogP contribution in [0.2, 0.25) is 0 Å². The summed E-state index contributed by atoms with van der Waals surface area (Å²) in [6, 6.07) is 24.9. The van der Waals surface area contributed by atoms with E-state index in [1.54, 1.807) is 0 Å². The van der Waals surface area contributed by atoms with Crippen molar-refractivity contribution in [3.63, 3.8) is 0 Å². The highest BCUT2D eigenvalue weighted by molar-refractivity contribution is 7.26. The molecule has 182 valence electrons. The van der Waals surface area contributed by atoms with Crippen molar-refractivity contribution in [1.82, 2.24) is 4.57 Å². The van der Waals surface area contributed by atoms with Crippen molar-refractivity contribution in [2.24, 2.45) is 0 Å². The van der Waals surface area contributed by atoms with Crippen LogP contribution in [0.15, 0.2) is 92.0 Å². The van der Waals surface area contributed by atoms with Crippen LogP contribution in [-0.2, 0) is 0 Å². The topological polar surface area (TPSA) is 4.93 Å². The molecule has 1 nitrogen and oxygen atoms in total. The van der Waals surface area contributed by atoms with Crippen molar-refractivity contribution in [2.75, 3.05) is 0 Å². The predicted molar refractivity (Wildman–Crippen MR) is 173 cm³/mol. The summed E-state index contributed by atoms with van der Waals surface area (Å²) in [7, 11) is 0. The van der Waals surface area contributed by atoms with Crippen molar-refractivity contribution >= 4 is 98.6 Å². The highest BCUT2D eigenvalue weighted by atomic mass is 32.1. The van der Waals surface area contributed by atoms with E-state index in [-0.39, 0.29) is 0 Å². The predicted octanol–water partition coefficient (Wildman–Crippen LogP) is 9.42. The smallest absolute Gasteiger partial charge is 0.0537 e. The average Bonchev–Trinajstić information content (AvgIpc) is 3.55. The third-order valence-electron chi connectivity index (χ3n) is 7.36. The van der Waals surface area contributed by atoms with Gasteiger partial charge in [0.2, 0.25) is 0 Å². The van der Waals surface area contributed by atoms with Gasteiger partial charge in [-0.1, -0.05) is 56.2 Å². The molecule has 0 unspecified atom stereocenters. The van der Waals surface area contributed by atoms with Gasteiger partial charge in [-0.3, -0.25) is 0 Å². The van der Waals surface area contributed by atoms with E-state index in [9.17, 15) is 0 Å². The summed E-state index contributed by atoms with van der Waals surface area (Å²) in [5.74, 6) is 0. The Kier molecular flexibility index (Phi) is 5.26. The Bertz CT molecular complexity index is 2250. The molecule has 4 aromatic carbocycles. The van der Waals surface area contributed by atoms with Gasteiger partial charge >= 0.3 is 0 Å². The number of benzene rings is 4. The van der Waals surface area contributed by atoms with Crippen molar-refractivity contribution in [2.45, 2.75) is 6.92 Å². The summed E-state index contributed by atoms with van der Waals surface area (Å²) >= 11 is 3.74. The van der Waals surface area contributed by atoms with Gasteiger partial charge in [-0.05, 0) is 78.4 Å². The van der Waals surface area contributed by atoms with Gasteiger partial charge in [-0.25, -0.2) is 0 Å². The zero-order chi connectivity index (χ0) is 26.0. The Balaban J connectivity index is 1.52. The molecule has 0 aliphatic rings. The van der Waals surface area contributed by atoms with E-state index >= 15 is 0 Å². The molecule has 7 aromatic rings. The maximum atomic E-state index is 4.38. The zero-order valence-corrected chi connectivity index (χ0v) is 22.8. The number of thiophene rings is 2. The van der Waals surface area contributed by atoms with Crippen LogP contribution in [0.25, 0.3) is 81.6 Å². The number of allylic oxidation sites excluding steroid dienone is 2. The van der Waals surface area contributed by atoms with Gasteiger partial charge in [0, 0.05) is 56.8 Å². The van der Waals surface area contributed by atoms with Crippen LogP contribution in [-0.4, -0.2) is 4.57 Å². The first-order valence-corrected chi connectivity index (χ1v) is 14.3. The van der Waals surface area contributed by atoms with Crippen molar-refractivity contribution < 1.29 is 0 Å². The maximum absolute atomic E-state index is 4.38. The van der Waals surface area contributed by atoms with E-state index in [1.807, 2.05) is 47.8 Å². The largest absolute Gasteiger partial charge is 0.309 e. The molecule has 0 saturated heterocycles. The second-order valence-corrected chi connectivity index (χ2v) is 11.7. The fourth-order valence-electron chi connectivity index (χ4n) is 5.66. The van der Waals surface area contributed by atoms with Crippen LogP contribution >= 0.6 is 22.7 Å². The molecule has 0 atom stereocenters. The van der Waals surface area contributed by atoms with Gasteiger partial charge in [-0.15, -0.1) is 22.7 Å². The highest BCUT2D eigenvalue weighted by Crippen LogP contribution is 2.41. The van der Waals surface area contributed by atoms with Gasteiger partial charge in [0.25, 0.3) is 0 Å². The number of rotatable bonds is 4. The molecule has 0 N–H and O–H groups in total. The lowest BCUT2D eigenvalue weighted by Gasteiger charge is -2.09. The molecule has 0 bridgehead atoms. The number of nitrogens with zero attached hydrogens (tertiary/aromatic N) is 1. The molecule has 0 spiro atoms. The van der Waals surface area contributed by atoms with Gasteiger partial charge in [0.05, 0.1) is 11.0 Å². The molecule has 0 amide bonds. The fraction of sp³-hybridized carbons (Fsp3) is 0.0286. The summed E-state index contributed by atoms with van der Waals surface area (Å²) in [5.41, 5.74) is 3.23. The van der Waals surface area contributed by atoms with Gasteiger partial charge in [0.1, 0.15) is 0 Å². The van der Waals surface area contributed by atoms with E-state index in [4.69, 9.17) is 0 Å². The first-order valence-electron chi connectivity index (χ1n) is 12.6. The Hall–Kier alpha value is -4.18. The molecule has 3 aromatic heterocycles. The number of aromatic nitrogens is 1. The minimum atomic E-state index is 0.960. The van der Waals surface area contributed by atoms with Crippen LogP contribution in [0.4, 0.5) is 0 Å². The average molecular weight is 524 g/mol. The lowest BCUT2D eigenvalue weighted by atomic mass is 10.0. The van der Waals surface area contributed by atoms with E-state index < -0.39 is 0 Å². The number of hydrogen-bond acceptors (Lipinski definition) is 2. The SMILES string of the molecule is C=C/C=c1\c(=C)c(C=C)c(/C=C\C)n1-c1ccc2sc3cc4cc5sc6ccccc6c5cc4cc3c2c1. The first-order chi connectivity index (χ1) is 18.6. The lowest BCUT2D eigenvalue weighted by molar-refractivity contribution is 1.02. The second kappa shape index (κ2) is 8.70. The van der Waals surface area contributed by atoms with Crippen molar-refractivity contribution in [3.8, 4) is 5.69 Å². The molecule has 7 rings (SSSR count). The molecular weight excluding hydrogens is 499 g/mol. The summed E-state index contributed by atoms with van der Waals surface area (Å²) < 4.78 is 7.56. The van der Waals surface area contributed by atoms with Crippen LogP contribution in [0.5, 0.6) is 0 Å². The van der Waals surface area contributed by atoms with E-state index in [0.717, 1.165) is 27.5 Å². The molecule has 0 fully saturated rings. The minimum Gasteiger partial charge on any atom is -0.309 e. The molecule has 38 heavy (non-hydrogen) atoms. The van der Waals surface area contributed by atoms with E-state index in [0.29, 0.717) is 0 Å². The summed E-state index contributed by atoms with van der Waals surface area (Å²) in [5, 5.41) is 9.81. The summed E-state index contributed by atoms with van der Waals surface area (Å²) in [6.45, 7) is 14.4. The Morgan fingerprint density at radius 1 is 0.737 bits per heavy atom. The molecule has 0 aliphatic carbocycles. The molecule has 0 saturated carbocycles. The summed E-state index contributed by atoms with van der Waals surface area (Å²) in [6.07, 6.45) is 9.95. The molecular formula is C35H25NS2. The van der Waals surface area contributed by atoms with Crippen LogP contribution in [0.3, 0.4) is 0 Å². The normalized spacial score (nSPS) is 12.7. The van der Waals surface area contributed by atoms with Crippen molar-refractivity contribution in [3.05, 3.63) is 114 Å². The minimum absolute atomic E-state index is 0.960. The molecule has 3 heterocycles. The zero-order valence-electron chi connectivity index (χ0n) is 21.1. The van der Waals surface area contributed by atoms with E-state index in [2.05, 4.69) is 103 Å². The lowest BCUT2D eigenvalue weighted by Crippen LogP contribution is -2.27. The molecule has 3 heteroatoms. The number of fused-ring (bicyclic) bond motifs is 7. The highest BCUT2D eigenvalue weighted by Gasteiger charge is 2.14. The third-order valence-corrected chi connectivity index (χ3v) is 9.63. The van der Waals surface area contributed by atoms with Gasteiger partial charge in [0.15, 0.2) is 0 Å². The van der Waals surface area contributed by atoms with Crippen LogP contribution in [0, 0.1) is 0 Å². The first kappa shape index (κ1) is 23.0. The second-order valence-electron chi connectivity index (χ2n) is 9.53.